The molecule has 0 bridgehead atoms. The molecule has 11 nitrogen and oxygen atoms in total. The largest absolute Gasteiger partial charge is 0.497 e. The van der Waals surface area contributed by atoms with Crippen LogP contribution in [0.5, 0.6) is 17.2 Å². The lowest BCUT2D eigenvalue weighted by atomic mass is 10.0. The van der Waals surface area contributed by atoms with Gasteiger partial charge in [0.25, 0.3) is 5.91 Å². The fourth-order valence-corrected chi connectivity index (χ4v) is 4.88. The van der Waals surface area contributed by atoms with E-state index in [2.05, 4.69) is 10.6 Å². The molecular formula is C34H40N4O7. The number of rotatable bonds is 8. The summed E-state index contributed by atoms with van der Waals surface area (Å²) in [7, 11) is 4.84. The summed E-state index contributed by atoms with van der Waals surface area (Å²) in [6.07, 6.45) is 0.230. The number of methoxy groups -OCH3 is 1. The second-order valence-corrected chi connectivity index (χ2v) is 10.8. The number of nitrogens with zero attached hydrogens (tertiary/aromatic N) is 2. The van der Waals surface area contributed by atoms with Crippen molar-refractivity contribution in [2.75, 3.05) is 47.5 Å². The van der Waals surface area contributed by atoms with Crippen molar-refractivity contribution in [3.8, 4) is 17.2 Å². The Balaban J connectivity index is 1.50. The smallest absolute Gasteiger partial charge is 0.255 e. The molecule has 238 valence electrons. The predicted octanol–water partition coefficient (Wildman–Crippen LogP) is 2.69. The summed E-state index contributed by atoms with van der Waals surface area (Å²) in [5.74, 6) is 0.0979. The molecule has 0 saturated carbocycles. The molecule has 1 aliphatic heterocycles. The lowest BCUT2D eigenvalue weighted by Crippen LogP contribution is -2.50. The number of carbonyl (C=O) groups is 4. The maximum absolute atomic E-state index is 13.6. The first-order valence-electron chi connectivity index (χ1n) is 14.9. The molecule has 45 heavy (non-hydrogen) atoms. The van der Waals surface area contributed by atoms with Crippen LogP contribution in [-0.4, -0.2) is 93.0 Å². The Hall–Kier alpha value is -5.06. The zero-order chi connectivity index (χ0) is 32.2. The summed E-state index contributed by atoms with van der Waals surface area (Å²) in [4.78, 5) is 56.6. The molecule has 1 heterocycles. The first kappa shape index (κ1) is 32.8. The van der Waals surface area contributed by atoms with Crippen LogP contribution in [0, 0.1) is 0 Å². The molecule has 4 rings (SSSR count). The Labute approximate surface area is 263 Å². The quantitative estimate of drug-likeness (QED) is 0.399. The number of nitrogens with one attached hydrogen (secondary N) is 2. The molecule has 11 heteroatoms. The summed E-state index contributed by atoms with van der Waals surface area (Å²) >= 11 is 0. The summed E-state index contributed by atoms with van der Waals surface area (Å²) in [6, 6.07) is 21.4. The van der Waals surface area contributed by atoms with E-state index in [1.165, 1.54) is 9.80 Å². The zero-order valence-electron chi connectivity index (χ0n) is 25.9. The third kappa shape index (κ3) is 9.46. The second kappa shape index (κ2) is 16.1. The molecule has 0 radical (unpaired) electrons. The number of para-hydroxylation sites is 1. The van der Waals surface area contributed by atoms with Gasteiger partial charge in [0.1, 0.15) is 42.5 Å². The minimum absolute atomic E-state index is 0.0190. The van der Waals surface area contributed by atoms with Gasteiger partial charge >= 0.3 is 0 Å². The van der Waals surface area contributed by atoms with E-state index in [0.717, 1.165) is 5.56 Å². The molecule has 3 aromatic carbocycles. The fourth-order valence-electron chi connectivity index (χ4n) is 4.88. The van der Waals surface area contributed by atoms with Crippen molar-refractivity contribution in [2.24, 2.45) is 0 Å². The standard InChI is InChI=1S/C34H40N4O7/c1-37(19-21-44-26-15-13-25(43-3)14-16-26)33(41)28-17-18-31(39)35-29(23-24-9-5-4-6-10-24)34(42)38(2)20-22-45-30-12-8-7-11-27(30)32(40)36-28/h4-16,28-29H,17-23H2,1-3H3,(H,35,39)(H,36,40)/t28-,29-/m0/s1. The van der Waals surface area contributed by atoms with Gasteiger partial charge in [-0.05, 0) is 48.4 Å². The molecule has 0 saturated heterocycles. The Morgan fingerprint density at radius 1 is 0.956 bits per heavy atom. The highest BCUT2D eigenvalue weighted by Gasteiger charge is 2.29. The second-order valence-electron chi connectivity index (χ2n) is 10.8. The highest BCUT2D eigenvalue weighted by molar-refractivity contribution is 5.99. The number of likely N-dealkylation sites (N-methyl/N-ethyl adjacent to an activating group) is 2. The molecular weight excluding hydrogens is 576 g/mol. The zero-order valence-corrected chi connectivity index (χ0v) is 25.9. The van der Waals surface area contributed by atoms with Crippen LogP contribution in [0.2, 0.25) is 0 Å². The Morgan fingerprint density at radius 2 is 1.64 bits per heavy atom. The maximum atomic E-state index is 13.6. The molecule has 0 aliphatic carbocycles. The Kier molecular flexibility index (Phi) is 11.8. The Morgan fingerprint density at radius 3 is 2.38 bits per heavy atom. The number of carbonyl (C=O) groups excluding carboxylic acids is 4. The van der Waals surface area contributed by atoms with Gasteiger partial charge in [0.15, 0.2) is 0 Å². The van der Waals surface area contributed by atoms with Gasteiger partial charge in [-0.2, -0.15) is 0 Å². The number of hydrogen-bond acceptors (Lipinski definition) is 7. The molecule has 0 unspecified atom stereocenters. The van der Waals surface area contributed by atoms with Crippen molar-refractivity contribution >= 4 is 23.6 Å². The van der Waals surface area contributed by atoms with Gasteiger partial charge in [0, 0.05) is 26.9 Å². The number of benzene rings is 3. The van der Waals surface area contributed by atoms with E-state index in [9.17, 15) is 19.2 Å². The predicted molar refractivity (Wildman–Crippen MR) is 168 cm³/mol. The van der Waals surface area contributed by atoms with Gasteiger partial charge in [0.2, 0.25) is 17.7 Å². The first-order chi connectivity index (χ1) is 21.7. The molecule has 2 atom stereocenters. The summed E-state index contributed by atoms with van der Waals surface area (Å²) in [6.45, 7) is 0.810. The van der Waals surface area contributed by atoms with Crippen LogP contribution in [0.1, 0.15) is 28.8 Å². The summed E-state index contributed by atoms with van der Waals surface area (Å²) in [5, 5.41) is 5.67. The number of ether oxygens (including phenoxy) is 3. The van der Waals surface area contributed by atoms with Crippen LogP contribution in [0.4, 0.5) is 0 Å². The molecule has 0 aromatic heterocycles. The van der Waals surface area contributed by atoms with E-state index >= 15 is 0 Å². The van der Waals surface area contributed by atoms with Crippen LogP contribution in [0.25, 0.3) is 0 Å². The van der Waals surface area contributed by atoms with Gasteiger partial charge in [-0.25, -0.2) is 0 Å². The minimum Gasteiger partial charge on any atom is -0.497 e. The van der Waals surface area contributed by atoms with Crippen LogP contribution < -0.4 is 24.8 Å². The molecule has 0 spiro atoms. The van der Waals surface area contributed by atoms with Crippen molar-refractivity contribution in [2.45, 2.75) is 31.3 Å². The molecule has 3 aromatic rings. The average Bonchev–Trinajstić information content (AvgIpc) is 3.06. The lowest BCUT2D eigenvalue weighted by Gasteiger charge is -2.26. The first-order valence-corrected chi connectivity index (χ1v) is 14.9. The van der Waals surface area contributed by atoms with Crippen LogP contribution in [0.3, 0.4) is 0 Å². The minimum atomic E-state index is -1.02. The van der Waals surface area contributed by atoms with E-state index < -0.39 is 23.9 Å². The third-order valence-corrected chi connectivity index (χ3v) is 7.50. The van der Waals surface area contributed by atoms with E-state index in [4.69, 9.17) is 14.2 Å². The monoisotopic (exact) mass is 616 g/mol. The SMILES string of the molecule is COc1ccc(OCCN(C)C(=O)[C@@H]2CCC(=O)N[C@@H](Cc3ccccc3)C(=O)N(C)CCOc3ccccc3C(=O)N2)cc1. The van der Waals surface area contributed by atoms with Crippen molar-refractivity contribution in [1.82, 2.24) is 20.4 Å². The molecule has 1 aliphatic rings. The Bertz CT molecular complexity index is 1450. The van der Waals surface area contributed by atoms with Gasteiger partial charge in [-0.1, -0.05) is 42.5 Å². The number of fused-ring (bicyclic) bond motifs is 1. The number of hydrogen-bond donors (Lipinski definition) is 2. The van der Waals surface area contributed by atoms with Crippen molar-refractivity contribution < 1.29 is 33.4 Å². The topological polar surface area (TPSA) is 127 Å². The van der Waals surface area contributed by atoms with Gasteiger partial charge in [-0.3, -0.25) is 19.2 Å². The van der Waals surface area contributed by atoms with Crippen LogP contribution >= 0.6 is 0 Å². The highest BCUT2D eigenvalue weighted by Crippen LogP contribution is 2.20. The van der Waals surface area contributed by atoms with Crippen molar-refractivity contribution in [1.29, 1.82) is 0 Å². The van der Waals surface area contributed by atoms with E-state index in [-0.39, 0.29) is 56.5 Å². The van der Waals surface area contributed by atoms with E-state index in [1.807, 2.05) is 30.3 Å². The van der Waals surface area contributed by atoms with Gasteiger partial charge in [0.05, 0.1) is 25.8 Å². The maximum Gasteiger partial charge on any atom is 0.255 e. The summed E-state index contributed by atoms with van der Waals surface area (Å²) in [5.41, 5.74) is 1.14. The summed E-state index contributed by atoms with van der Waals surface area (Å²) < 4.78 is 16.9. The fraction of sp³-hybridized carbons (Fsp3) is 0.353. The van der Waals surface area contributed by atoms with Crippen LogP contribution in [0.15, 0.2) is 78.9 Å². The normalized spacial score (nSPS) is 17.8. The molecule has 0 fully saturated rings. The number of amides is 4. The molecule has 2 N–H and O–H groups in total. The van der Waals surface area contributed by atoms with Crippen molar-refractivity contribution in [3.05, 3.63) is 90.0 Å². The van der Waals surface area contributed by atoms with Gasteiger partial charge < -0.3 is 34.6 Å². The van der Waals surface area contributed by atoms with Gasteiger partial charge in [-0.15, -0.1) is 0 Å². The highest BCUT2D eigenvalue weighted by atomic mass is 16.5. The van der Waals surface area contributed by atoms with E-state index in [1.54, 1.807) is 69.7 Å². The lowest BCUT2D eigenvalue weighted by molar-refractivity contribution is -0.136. The molecule has 4 amide bonds. The van der Waals surface area contributed by atoms with Crippen molar-refractivity contribution in [3.63, 3.8) is 0 Å². The average molecular weight is 617 g/mol. The van der Waals surface area contributed by atoms with E-state index in [0.29, 0.717) is 23.7 Å². The van der Waals surface area contributed by atoms with Crippen LogP contribution in [-0.2, 0) is 20.8 Å². The third-order valence-electron chi connectivity index (χ3n) is 7.50.